The molecule has 0 bridgehead atoms. The molecule has 2 rings (SSSR count). The Bertz CT molecular complexity index is 645. The van der Waals surface area contributed by atoms with E-state index >= 15 is 0 Å². The summed E-state index contributed by atoms with van der Waals surface area (Å²) in [4.78, 5) is 12.2. The van der Waals surface area contributed by atoms with Crippen molar-refractivity contribution in [1.82, 2.24) is 9.78 Å². The standard InChI is InChI=1S/C12H9BrF3N3O/c1-18-5-10(11(17-18)12(15)16)19(6-20)9-3-2-7(14)4-8(9)13/h2-6,12H,1H3. The van der Waals surface area contributed by atoms with Crippen LogP contribution in [-0.2, 0) is 11.8 Å². The third-order valence-corrected chi connectivity index (χ3v) is 3.21. The average Bonchev–Trinajstić information content (AvgIpc) is 2.75. The van der Waals surface area contributed by atoms with E-state index in [1.165, 1.54) is 24.0 Å². The van der Waals surface area contributed by atoms with Crippen molar-refractivity contribution in [3.8, 4) is 0 Å². The van der Waals surface area contributed by atoms with Crippen LogP contribution in [0, 0.1) is 5.82 Å². The summed E-state index contributed by atoms with van der Waals surface area (Å²) in [6.07, 6.45) is -1.15. The fourth-order valence-electron chi connectivity index (χ4n) is 1.75. The Morgan fingerprint density at radius 2 is 2.10 bits per heavy atom. The van der Waals surface area contributed by atoms with Gasteiger partial charge in [-0.1, -0.05) is 0 Å². The highest BCUT2D eigenvalue weighted by molar-refractivity contribution is 9.10. The molecule has 0 aliphatic rings. The molecule has 0 aliphatic heterocycles. The Balaban J connectivity index is 2.55. The summed E-state index contributed by atoms with van der Waals surface area (Å²) in [6.45, 7) is 0. The second kappa shape index (κ2) is 5.66. The second-order valence-corrected chi connectivity index (χ2v) is 4.80. The number of hydrogen-bond acceptors (Lipinski definition) is 2. The number of aryl methyl sites for hydroxylation is 1. The Morgan fingerprint density at radius 3 is 2.65 bits per heavy atom. The maximum Gasteiger partial charge on any atom is 0.284 e. The first-order valence-electron chi connectivity index (χ1n) is 5.45. The van der Waals surface area contributed by atoms with Crippen molar-refractivity contribution in [3.05, 3.63) is 40.4 Å². The van der Waals surface area contributed by atoms with Crippen molar-refractivity contribution in [2.24, 2.45) is 7.05 Å². The molecule has 1 heterocycles. The van der Waals surface area contributed by atoms with Crippen molar-refractivity contribution in [2.75, 3.05) is 4.90 Å². The molecule has 8 heteroatoms. The fourth-order valence-corrected chi connectivity index (χ4v) is 2.30. The van der Waals surface area contributed by atoms with E-state index in [0.29, 0.717) is 6.41 Å². The average molecular weight is 348 g/mol. The number of amides is 1. The predicted octanol–water partition coefficient (Wildman–Crippen LogP) is 3.55. The molecule has 0 unspecified atom stereocenters. The lowest BCUT2D eigenvalue weighted by atomic mass is 10.2. The molecule has 20 heavy (non-hydrogen) atoms. The Hall–Kier alpha value is -1.83. The monoisotopic (exact) mass is 347 g/mol. The number of anilines is 2. The van der Waals surface area contributed by atoms with Gasteiger partial charge in [-0.3, -0.25) is 14.4 Å². The van der Waals surface area contributed by atoms with Gasteiger partial charge in [0.1, 0.15) is 5.82 Å². The maximum absolute atomic E-state index is 13.1. The molecule has 0 fully saturated rings. The maximum atomic E-state index is 13.1. The van der Waals surface area contributed by atoms with Crippen LogP contribution in [0.1, 0.15) is 12.1 Å². The highest BCUT2D eigenvalue weighted by atomic mass is 79.9. The Labute approximate surface area is 120 Å². The molecule has 0 spiro atoms. The Morgan fingerprint density at radius 1 is 1.40 bits per heavy atom. The van der Waals surface area contributed by atoms with Crippen LogP contribution >= 0.6 is 15.9 Å². The second-order valence-electron chi connectivity index (χ2n) is 3.95. The number of alkyl halides is 2. The summed E-state index contributed by atoms with van der Waals surface area (Å²) in [7, 11) is 1.47. The molecular formula is C12H9BrF3N3O. The van der Waals surface area contributed by atoms with Crippen LogP contribution in [0.4, 0.5) is 24.5 Å². The van der Waals surface area contributed by atoms with Crippen molar-refractivity contribution in [3.63, 3.8) is 0 Å². The van der Waals surface area contributed by atoms with Crippen LogP contribution in [0.15, 0.2) is 28.9 Å². The summed E-state index contributed by atoms with van der Waals surface area (Å²) in [5.41, 5.74) is -0.322. The van der Waals surface area contributed by atoms with Crippen LogP contribution < -0.4 is 4.90 Å². The molecule has 1 amide bonds. The molecule has 0 aliphatic carbocycles. The number of hydrogen-bond donors (Lipinski definition) is 0. The number of aromatic nitrogens is 2. The molecule has 106 valence electrons. The molecule has 0 radical (unpaired) electrons. The van der Waals surface area contributed by atoms with Crippen LogP contribution in [0.5, 0.6) is 0 Å². The number of nitrogens with zero attached hydrogens (tertiary/aromatic N) is 3. The minimum atomic E-state index is -2.83. The van der Waals surface area contributed by atoms with Gasteiger partial charge in [-0.2, -0.15) is 5.10 Å². The van der Waals surface area contributed by atoms with Crippen LogP contribution in [-0.4, -0.2) is 16.2 Å². The van der Waals surface area contributed by atoms with Gasteiger partial charge in [0.15, 0.2) is 5.69 Å². The zero-order chi connectivity index (χ0) is 14.9. The van der Waals surface area contributed by atoms with E-state index in [1.807, 2.05) is 0 Å². The van der Waals surface area contributed by atoms with Gasteiger partial charge in [-0.25, -0.2) is 13.2 Å². The zero-order valence-electron chi connectivity index (χ0n) is 10.2. The third kappa shape index (κ3) is 2.69. The SMILES string of the molecule is Cn1cc(N(C=O)c2ccc(F)cc2Br)c(C(F)F)n1. The topological polar surface area (TPSA) is 38.1 Å². The fraction of sp³-hybridized carbons (Fsp3) is 0.167. The normalized spacial score (nSPS) is 10.9. The van der Waals surface area contributed by atoms with Crippen molar-refractivity contribution in [2.45, 2.75) is 6.43 Å². The first kappa shape index (κ1) is 14.6. The van der Waals surface area contributed by atoms with Gasteiger partial charge >= 0.3 is 0 Å². The first-order chi connectivity index (χ1) is 9.43. The van der Waals surface area contributed by atoms with Gasteiger partial charge in [-0.05, 0) is 34.1 Å². The summed E-state index contributed by atoms with van der Waals surface area (Å²) in [5.74, 6) is -0.508. The lowest BCUT2D eigenvalue weighted by Crippen LogP contribution is -2.16. The van der Waals surface area contributed by atoms with E-state index in [4.69, 9.17) is 0 Å². The molecule has 0 atom stereocenters. The molecule has 0 N–H and O–H groups in total. The van der Waals surface area contributed by atoms with Gasteiger partial charge in [-0.15, -0.1) is 0 Å². The molecule has 0 saturated heterocycles. The molecular weight excluding hydrogens is 339 g/mol. The first-order valence-corrected chi connectivity index (χ1v) is 6.24. The summed E-state index contributed by atoms with van der Waals surface area (Å²) in [6, 6.07) is 3.59. The number of rotatable bonds is 4. The van der Waals surface area contributed by atoms with Gasteiger partial charge in [0.05, 0.1) is 11.4 Å². The number of halogens is 4. The van der Waals surface area contributed by atoms with Crippen molar-refractivity contribution >= 4 is 33.7 Å². The van der Waals surface area contributed by atoms with Crippen LogP contribution in [0.2, 0.25) is 0 Å². The minimum absolute atomic E-state index is 0.0511. The Kier molecular flexibility index (Phi) is 4.12. The number of benzene rings is 1. The van der Waals surface area contributed by atoms with E-state index in [0.717, 1.165) is 17.0 Å². The lowest BCUT2D eigenvalue weighted by Gasteiger charge is -2.18. The lowest BCUT2D eigenvalue weighted by molar-refractivity contribution is -0.106. The molecule has 2 aromatic rings. The highest BCUT2D eigenvalue weighted by Gasteiger charge is 2.24. The van der Waals surface area contributed by atoms with Gasteiger partial charge in [0, 0.05) is 17.7 Å². The van der Waals surface area contributed by atoms with E-state index in [-0.39, 0.29) is 15.8 Å². The number of carbonyl (C=O) groups excluding carboxylic acids is 1. The van der Waals surface area contributed by atoms with Crippen molar-refractivity contribution in [1.29, 1.82) is 0 Å². The van der Waals surface area contributed by atoms with Gasteiger partial charge < -0.3 is 0 Å². The zero-order valence-corrected chi connectivity index (χ0v) is 11.8. The van der Waals surface area contributed by atoms with E-state index in [2.05, 4.69) is 21.0 Å². The summed E-state index contributed by atoms with van der Waals surface area (Å²) in [5, 5.41) is 3.63. The van der Waals surface area contributed by atoms with E-state index < -0.39 is 17.9 Å². The molecule has 4 nitrogen and oxygen atoms in total. The van der Waals surface area contributed by atoms with Gasteiger partial charge in [0.2, 0.25) is 6.41 Å². The van der Waals surface area contributed by atoms with Crippen LogP contribution in [0.3, 0.4) is 0 Å². The quantitative estimate of drug-likeness (QED) is 0.793. The largest absolute Gasteiger partial charge is 0.284 e. The minimum Gasteiger partial charge on any atom is -0.279 e. The smallest absolute Gasteiger partial charge is 0.279 e. The summed E-state index contributed by atoms with van der Waals surface area (Å²) < 4.78 is 40.4. The highest BCUT2D eigenvalue weighted by Crippen LogP contribution is 2.36. The number of carbonyl (C=O) groups is 1. The molecule has 0 saturated carbocycles. The predicted molar refractivity (Wildman–Crippen MR) is 70.5 cm³/mol. The summed E-state index contributed by atoms with van der Waals surface area (Å²) >= 11 is 3.10. The molecule has 1 aromatic heterocycles. The van der Waals surface area contributed by atoms with Crippen molar-refractivity contribution < 1.29 is 18.0 Å². The van der Waals surface area contributed by atoms with E-state index in [9.17, 15) is 18.0 Å². The van der Waals surface area contributed by atoms with Gasteiger partial charge in [0.25, 0.3) is 6.43 Å². The third-order valence-electron chi connectivity index (χ3n) is 2.58. The van der Waals surface area contributed by atoms with Crippen LogP contribution in [0.25, 0.3) is 0 Å². The molecule has 1 aromatic carbocycles. The van der Waals surface area contributed by atoms with E-state index in [1.54, 1.807) is 0 Å².